The maximum Gasteiger partial charge on any atom is 0.130 e. The van der Waals surface area contributed by atoms with Crippen LogP contribution in [-0.4, -0.2) is 9.97 Å². The van der Waals surface area contributed by atoms with Gasteiger partial charge in [-0.15, -0.1) is 0 Å². The highest BCUT2D eigenvalue weighted by Crippen LogP contribution is 2.24. The topological polar surface area (TPSA) is 48.1 Å². The highest BCUT2D eigenvalue weighted by atomic mass is 79.9. The Balaban J connectivity index is 2.17. The van der Waals surface area contributed by atoms with E-state index >= 15 is 0 Å². The van der Waals surface area contributed by atoms with Crippen LogP contribution in [0.1, 0.15) is 17.0 Å². The summed E-state index contributed by atoms with van der Waals surface area (Å²) in [6, 6.07) is 11.4. The zero-order chi connectivity index (χ0) is 13.8. The molecule has 0 aliphatic rings. The molecule has 0 radical (unpaired) electrons. The van der Waals surface area contributed by atoms with Gasteiger partial charge in [-0.25, -0.2) is 0 Å². The molecule has 1 heterocycles. The molecular formula is C14H13BrN2OS. The lowest BCUT2D eigenvalue weighted by Gasteiger charge is -2.11. The van der Waals surface area contributed by atoms with Gasteiger partial charge in [0, 0.05) is 10.2 Å². The fourth-order valence-corrected chi connectivity index (χ4v) is 2.17. The number of nitrogens with zero attached hydrogens (tertiary/aromatic N) is 1. The van der Waals surface area contributed by atoms with Crippen LogP contribution in [0.3, 0.4) is 0 Å². The van der Waals surface area contributed by atoms with Crippen molar-refractivity contribution in [1.82, 2.24) is 4.98 Å². The van der Waals surface area contributed by atoms with E-state index < -0.39 is 0 Å². The summed E-state index contributed by atoms with van der Waals surface area (Å²) in [4.78, 5) is 4.70. The van der Waals surface area contributed by atoms with Gasteiger partial charge in [0.05, 0.1) is 11.3 Å². The summed E-state index contributed by atoms with van der Waals surface area (Å²) in [7, 11) is 0. The molecule has 0 unspecified atom stereocenters. The summed E-state index contributed by atoms with van der Waals surface area (Å²) in [5.41, 5.74) is 8.25. The summed E-state index contributed by atoms with van der Waals surface area (Å²) in [6.45, 7) is 2.34. The number of aryl methyl sites for hydroxylation is 1. The first-order valence-corrected chi connectivity index (χ1v) is 6.91. The fourth-order valence-electron chi connectivity index (χ4n) is 1.65. The van der Waals surface area contributed by atoms with Crippen LogP contribution in [0.4, 0.5) is 0 Å². The third kappa shape index (κ3) is 3.75. The highest BCUT2D eigenvalue weighted by Gasteiger charge is 2.08. The second-order valence-electron chi connectivity index (χ2n) is 4.06. The van der Waals surface area contributed by atoms with Gasteiger partial charge in [0.2, 0.25) is 0 Å². The fraction of sp³-hybridized carbons (Fsp3) is 0.143. The van der Waals surface area contributed by atoms with Crippen molar-refractivity contribution in [2.75, 3.05) is 0 Å². The van der Waals surface area contributed by atoms with E-state index in [1.165, 1.54) is 0 Å². The van der Waals surface area contributed by atoms with Crippen LogP contribution in [0, 0.1) is 6.92 Å². The van der Waals surface area contributed by atoms with Crippen LogP contribution in [0.2, 0.25) is 0 Å². The number of aromatic nitrogens is 1. The van der Waals surface area contributed by atoms with E-state index in [-0.39, 0.29) is 0 Å². The van der Waals surface area contributed by atoms with Gasteiger partial charge in [0.25, 0.3) is 0 Å². The number of hydrogen-bond acceptors (Lipinski definition) is 3. The summed E-state index contributed by atoms with van der Waals surface area (Å²) in [6.07, 6.45) is 0. The average molecular weight is 337 g/mol. The van der Waals surface area contributed by atoms with E-state index in [9.17, 15) is 0 Å². The molecule has 0 bridgehead atoms. The van der Waals surface area contributed by atoms with E-state index in [1.807, 2.05) is 43.3 Å². The Labute approximate surface area is 125 Å². The minimum Gasteiger partial charge on any atom is -0.487 e. The third-order valence-corrected chi connectivity index (χ3v) is 3.24. The number of hydrogen-bond donors (Lipinski definition) is 1. The van der Waals surface area contributed by atoms with Crippen LogP contribution >= 0.6 is 28.1 Å². The van der Waals surface area contributed by atoms with Gasteiger partial charge in [-0.1, -0.05) is 34.2 Å². The van der Waals surface area contributed by atoms with Crippen molar-refractivity contribution < 1.29 is 4.74 Å². The van der Waals surface area contributed by atoms with E-state index in [0.717, 1.165) is 21.4 Å². The zero-order valence-corrected chi connectivity index (χ0v) is 12.8. The molecule has 0 aliphatic carbocycles. The molecule has 0 aliphatic heterocycles. The third-order valence-electron chi connectivity index (χ3n) is 2.53. The minimum atomic E-state index is 0.313. The molecule has 98 valence electrons. The lowest BCUT2D eigenvalue weighted by atomic mass is 10.2. The van der Waals surface area contributed by atoms with Gasteiger partial charge in [-0.05, 0) is 37.3 Å². The molecule has 2 rings (SSSR count). The van der Waals surface area contributed by atoms with Crippen molar-refractivity contribution in [3.05, 3.63) is 57.8 Å². The van der Waals surface area contributed by atoms with E-state index in [4.69, 9.17) is 22.7 Å². The smallest absolute Gasteiger partial charge is 0.130 e. The molecule has 0 spiro atoms. The molecular weight excluding hydrogens is 324 g/mol. The van der Waals surface area contributed by atoms with Crippen LogP contribution in [0.5, 0.6) is 5.75 Å². The van der Waals surface area contributed by atoms with Crippen molar-refractivity contribution in [3.8, 4) is 5.75 Å². The number of halogens is 1. The van der Waals surface area contributed by atoms with E-state index in [2.05, 4.69) is 20.9 Å². The first-order valence-electron chi connectivity index (χ1n) is 5.71. The van der Waals surface area contributed by atoms with Gasteiger partial charge >= 0.3 is 0 Å². The Kier molecular flexibility index (Phi) is 4.50. The van der Waals surface area contributed by atoms with Crippen molar-refractivity contribution in [2.45, 2.75) is 13.5 Å². The number of nitrogens with two attached hydrogens (primary N) is 1. The van der Waals surface area contributed by atoms with Gasteiger partial charge in [-0.3, -0.25) is 4.98 Å². The molecule has 1 aromatic carbocycles. The van der Waals surface area contributed by atoms with Crippen molar-refractivity contribution >= 4 is 33.1 Å². The van der Waals surface area contributed by atoms with Crippen molar-refractivity contribution in [2.24, 2.45) is 5.73 Å². The molecule has 2 aromatic rings. The lowest BCUT2D eigenvalue weighted by Crippen LogP contribution is -2.12. The Bertz CT molecular complexity index is 616. The number of rotatable bonds is 4. The standard InChI is InChI=1S/C14H13BrN2OS/c1-9-3-2-4-11(17-9)8-18-13-6-5-10(15)7-12(13)14(16)19/h2-7H,8H2,1H3,(H2,16,19). The number of ether oxygens (including phenoxy) is 1. The first-order chi connectivity index (χ1) is 9.06. The molecule has 0 atom stereocenters. The minimum absolute atomic E-state index is 0.313. The predicted octanol–water partition coefficient (Wildman–Crippen LogP) is 3.37. The van der Waals surface area contributed by atoms with Crippen LogP contribution in [0.15, 0.2) is 40.9 Å². The summed E-state index contributed by atoms with van der Waals surface area (Å²) >= 11 is 8.41. The molecule has 3 nitrogen and oxygen atoms in total. The molecule has 1 aromatic heterocycles. The Morgan fingerprint density at radius 2 is 2.16 bits per heavy atom. The monoisotopic (exact) mass is 336 g/mol. The highest BCUT2D eigenvalue weighted by molar-refractivity contribution is 9.10. The molecule has 0 amide bonds. The summed E-state index contributed by atoms with van der Waals surface area (Å²) in [5.74, 6) is 0.666. The van der Waals surface area contributed by atoms with Crippen molar-refractivity contribution in [1.29, 1.82) is 0 Å². The maximum absolute atomic E-state index is 5.74. The molecule has 0 fully saturated rings. The van der Waals surface area contributed by atoms with Gasteiger partial charge in [0.1, 0.15) is 17.3 Å². The summed E-state index contributed by atoms with van der Waals surface area (Å²) in [5, 5.41) is 0. The van der Waals surface area contributed by atoms with Crippen molar-refractivity contribution in [3.63, 3.8) is 0 Å². The zero-order valence-electron chi connectivity index (χ0n) is 10.4. The normalized spacial score (nSPS) is 10.2. The Morgan fingerprint density at radius 1 is 1.37 bits per heavy atom. The number of benzene rings is 1. The second kappa shape index (κ2) is 6.12. The summed E-state index contributed by atoms with van der Waals surface area (Å²) < 4.78 is 6.66. The van der Waals surface area contributed by atoms with E-state index in [0.29, 0.717) is 17.3 Å². The van der Waals surface area contributed by atoms with Gasteiger partial charge in [-0.2, -0.15) is 0 Å². The second-order valence-corrected chi connectivity index (χ2v) is 5.42. The molecule has 2 N–H and O–H groups in total. The van der Waals surface area contributed by atoms with Gasteiger partial charge in [0.15, 0.2) is 0 Å². The molecule has 19 heavy (non-hydrogen) atoms. The lowest BCUT2D eigenvalue weighted by molar-refractivity contribution is 0.300. The van der Waals surface area contributed by atoms with Crippen LogP contribution in [-0.2, 0) is 6.61 Å². The SMILES string of the molecule is Cc1cccc(COc2ccc(Br)cc2C(N)=S)n1. The molecule has 5 heteroatoms. The average Bonchev–Trinajstić information content (AvgIpc) is 2.37. The maximum atomic E-state index is 5.74. The molecule has 0 saturated carbocycles. The predicted molar refractivity (Wildman–Crippen MR) is 83.3 cm³/mol. The largest absolute Gasteiger partial charge is 0.487 e. The van der Waals surface area contributed by atoms with Crippen LogP contribution in [0.25, 0.3) is 0 Å². The molecule has 0 saturated heterocycles. The van der Waals surface area contributed by atoms with Gasteiger partial charge < -0.3 is 10.5 Å². The number of pyridine rings is 1. The quantitative estimate of drug-likeness (QED) is 0.869. The first kappa shape index (κ1) is 14.0. The van der Waals surface area contributed by atoms with E-state index in [1.54, 1.807) is 0 Å². The number of thiocarbonyl (C=S) groups is 1. The van der Waals surface area contributed by atoms with Crippen LogP contribution < -0.4 is 10.5 Å². The Hall–Kier alpha value is -1.46. The Morgan fingerprint density at radius 3 is 2.84 bits per heavy atom.